The Hall–Kier alpha value is -1.33. The van der Waals surface area contributed by atoms with Crippen LogP contribution in [-0.4, -0.2) is 17.5 Å². The second-order valence-electron chi connectivity index (χ2n) is 3.47. The van der Waals surface area contributed by atoms with Gasteiger partial charge in [0, 0.05) is 23.7 Å². The molecule has 1 aromatic rings. The normalized spacial score (nSPS) is 12.2. The van der Waals surface area contributed by atoms with Crippen LogP contribution in [0.25, 0.3) is 0 Å². The number of benzene rings is 1. The van der Waals surface area contributed by atoms with Crippen LogP contribution in [-0.2, 0) is 0 Å². The van der Waals surface area contributed by atoms with E-state index in [4.69, 9.17) is 17.3 Å². The Balaban J connectivity index is 2.84. The Kier molecular flexibility index (Phi) is 4.52. The summed E-state index contributed by atoms with van der Waals surface area (Å²) in [5, 5.41) is 14.1. The molecule has 5 nitrogen and oxygen atoms in total. The third-order valence-electron chi connectivity index (χ3n) is 2.23. The van der Waals surface area contributed by atoms with E-state index >= 15 is 0 Å². The largest absolute Gasteiger partial charge is 0.378 e. The van der Waals surface area contributed by atoms with Crippen molar-refractivity contribution in [2.45, 2.75) is 19.4 Å². The van der Waals surface area contributed by atoms with Gasteiger partial charge in [0.1, 0.15) is 5.69 Å². The van der Waals surface area contributed by atoms with Crippen molar-refractivity contribution in [3.8, 4) is 0 Å². The SMILES string of the molecule is CCC(N)CNc1cc(Cl)ccc1[N+](=O)[O-]. The predicted octanol–water partition coefficient (Wildman–Crippen LogP) is 2.40. The topological polar surface area (TPSA) is 81.2 Å². The van der Waals surface area contributed by atoms with E-state index in [1.165, 1.54) is 18.2 Å². The molecule has 1 unspecified atom stereocenters. The maximum Gasteiger partial charge on any atom is 0.292 e. The van der Waals surface area contributed by atoms with E-state index in [9.17, 15) is 10.1 Å². The molecular formula is C10H14ClN3O2. The molecule has 3 N–H and O–H groups in total. The van der Waals surface area contributed by atoms with Gasteiger partial charge < -0.3 is 11.1 Å². The summed E-state index contributed by atoms with van der Waals surface area (Å²) >= 11 is 5.78. The van der Waals surface area contributed by atoms with Crippen molar-refractivity contribution in [2.75, 3.05) is 11.9 Å². The van der Waals surface area contributed by atoms with Gasteiger partial charge in [0.25, 0.3) is 5.69 Å². The number of halogens is 1. The van der Waals surface area contributed by atoms with Gasteiger partial charge >= 0.3 is 0 Å². The Morgan fingerprint density at radius 3 is 2.88 bits per heavy atom. The first-order chi connectivity index (χ1) is 7.54. The van der Waals surface area contributed by atoms with Crippen LogP contribution in [0.4, 0.5) is 11.4 Å². The minimum absolute atomic E-state index is 0.00713. The summed E-state index contributed by atoms with van der Waals surface area (Å²) in [6.07, 6.45) is 0.807. The molecule has 1 rings (SSSR count). The summed E-state index contributed by atoms with van der Waals surface area (Å²) in [6.45, 7) is 2.44. The molecule has 0 fully saturated rings. The second-order valence-corrected chi connectivity index (χ2v) is 3.90. The van der Waals surface area contributed by atoms with E-state index in [-0.39, 0.29) is 11.7 Å². The van der Waals surface area contributed by atoms with Gasteiger partial charge in [0.2, 0.25) is 0 Å². The van der Waals surface area contributed by atoms with E-state index in [0.29, 0.717) is 17.3 Å². The monoisotopic (exact) mass is 243 g/mol. The molecule has 1 aromatic carbocycles. The maximum absolute atomic E-state index is 10.7. The molecular weight excluding hydrogens is 230 g/mol. The Morgan fingerprint density at radius 1 is 1.62 bits per heavy atom. The van der Waals surface area contributed by atoms with Crippen LogP contribution in [0.5, 0.6) is 0 Å². The standard InChI is InChI=1S/C10H14ClN3O2/c1-2-8(12)6-13-9-5-7(11)3-4-10(9)14(15)16/h3-5,8,13H,2,6,12H2,1H3. The first-order valence-corrected chi connectivity index (χ1v) is 5.35. The van der Waals surface area contributed by atoms with Crippen molar-refractivity contribution in [2.24, 2.45) is 5.73 Å². The average molecular weight is 244 g/mol. The molecule has 0 saturated heterocycles. The number of hydrogen-bond donors (Lipinski definition) is 2. The van der Waals surface area contributed by atoms with E-state index in [2.05, 4.69) is 5.32 Å². The summed E-state index contributed by atoms with van der Waals surface area (Å²) in [7, 11) is 0. The lowest BCUT2D eigenvalue weighted by atomic mass is 10.2. The third-order valence-corrected chi connectivity index (χ3v) is 2.47. The Bertz CT molecular complexity index is 384. The number of nitrogens with zero attached hydrogens (tertiary/aromatic N) is 1. The van der Waals surface area contributed by atoms with Gasteiger partial charge in [-0.15, -0.1) is 0 Å². The molecule has 1 atom stereocenters. The lowest BCUT2D eigenvalue weighted by Crippen LogP contribution is -2.28. The van der Waals surface area contributed by atoms with Crippen molar-refractivity contribution in [1.29, 1.82) is 0 Å². The van der Waals surface area contributed by atoms with Gasteiger partial charge in [-0.25, -0.2) is 0 Å². The predicted molar refractivity (Wildman–Crippen MR) is 64.9 cm³/mol. The zero-order chi connectivity index (χ0) is 12.1. The molecule has 0 bridgehead atoms. The van der Waals surface area contributed by atoms with Crippen LogP contribution in [0.15, 0.2) is 18.2 Å². The quantitative estimate of drug-likeness (QED) is 0.615. The highest BCUT2D eigenvalue weighted by Crippen LogP contribution is 2.27. The summed E-state index contributed by atoms with van der Waals surface area (Å²) < 4.78 is 0. The van der Waals surface area contributed by atoms with E-state index < -0.39 is 4.92 Å². The number of nitro benzene ring substituents is 1. The number of hydrogen-bond acceptors (Lipinski definition) is 4. The van der Waals surface area contributed by atoms with Gasteiger partial charge in [-0.1, -0.05) is 18.5 Å². The second kappa shape index (κ2) is 5.67. The van der Waals surface area contributed by atoms with Crippen molar-refractivity contribution >= 4 is 23.0 Å². The van der Waals surface area contributed by atoms with Gasteiger partial charge in [-0.3, -0.25) is 10.1 Å². The molecule has 0 radical (unpaired) electrons. The fourth-order valence-corrected chi connectivity index (χ4v) is 1.37. The highest BCUT2D eigenvalue weighted by atomic mass is 35.5. The fourth-order valence-electron chi connectivity index (χ4n) is 1.19. The first kappa shape index (κ1) is 12.7. The average Bonchev–Trinajstić information content (AvgIpc) is 2.25. The molecule has 0 aliphatic carbocycles. The molecule has 0 aliphatic rings. The Morgan fingerprint density at radius 2 is 2.31 bits per heavy atom. The minimum atomic E-state index is -0.448. The number of nitrogens with two attached hydrogens (primary N) is 1. The molecule has 0 spiro atoms. The van der Waals surface area contributed by atoms with Gasteiger partial charge in [-0.2, -0.15) is 0 Å². The van der Waals surface area contributed by atoms with Crippen LogP contribution in [0.3, 0.4) is 0 Å². The van der Waals surface area contributed by atoms with Crippen molar-refractivity contribution in [3.05, 3.63) is 33.3 Å². The van der Waals surface area contributed by atoms with E-state index in [1.807, 2.05) is 6.92 Å². The number of nitrogens with one attached hydrogen (secondary N) is 1. The molecule has 16 heavy (non-hydrogen) atoms. The molecule has 88 valence electrons. The number of anilines is 1. The number of nitro groups is 1. The smallest absolute Gasteiger partial charge is 0.292 e. The Labute approximate surface area is 98.7 Å². The van der Waals surface area contributed by atoms with Crippen LogP contribution in [0, 0.1) is 10.1 Å². The van der Waals surface area contributed by atoms with Crippen LogP contribution < -0.4 is 11.1 Å². The summed E-state index contributed by atoms with van der Waals surface area (Å²) in [4.78, 5) is 10.3. The van der Waals surface area contributed by atoms with E-state index in [0.717, 1.165) is 6.42 Å². The lowest BCUT2D eigenvalue weighted by molar-refractivity contribution is -0.384. The lowest BCUT2D eigenvalue weighted by Gasteiger charge is -2.11. The molecule has 0 saturated carbocycles. The fraction of sp³-hybridized carbons (Fsp3) is 0.400. The zero-order valence-electron chi connectivity index (χ0n) is 8.94. The van der Waals surface area contributed by atoms with Crippen molar-refractivity contribution < 1.29 is 4.92 Å². The van der Waals surface area contributed by atoms with Crippen molar-refractivity contribution in [3.63, 3.8) is 0 Å². The molecule has 6 heteroatoms. The molecule has 0 amide bonds. The molecule has 0 aromatic heterocycles. The van der Waals surface area contributed by atoms with Gasteiger partial charge in [-0.05, 0) is 18.6 Å². The molecule has 0 aliphatic heterocycles. The van der Waals surface area contributed by atoms with Crippen LogP contribution in [0.2, 0.25) is 5.02 Å². The number of rotatable bonds is 5. The van der Waals surface area contributed by atoms with E-state index in [1.54, 1.807) is 0 Å². The molecule has 0 heterocycles. The third kappa shape index (κ3) is 3.36. The zero-order valence-corrected chi connectivity index (χ0v) is 9.70. The highest BCUT2D eigenvalue weighted by Gasteiger charge is 2.13. The van der Waals surface area contributed by atoms with Gasteiger partial charge in [0.05, 0.1) is 4.92 Å². The van der Waals surface area contributed by atoms with Crippen molar-refractivity contribution in [1.82, 2.24) is 0 Å². The van der Waals surface area contributed by atoms with Crippen LogP contribution in [0.1, 0.15) is 13.3 Å². The van der Waals surface area contributed by atoms with Crippen LogP contribution >= 0.6 is 11.6 Å². The summed E-state index contributed by atoms with van der Waals surface area (Å²) in [6, 6.07) is 4.37. The van der Waals surface area contributed by atoms with Gasteiger partial charge in [0.15, 0.2) is 0 Å². The summed E-state index contributed by atoms with van der Waals surface area (Å²) in [5.41, 5.74) is 6.13. The minimum Gasteiger partial charge on any atom is -0.378 e. The maximum atomic E-state index is 10.7. The summed E-state index contributed by atoms with van der Waals surface area (Å²) in [5.74, 6) is 0. The first-order valence-electron chi connectivity index (χ1n) is 4.98. The highest BCUT2D eigenvalue weighted by molar-refractivity contribution is 6.31.